The number of primary amides is 1. The Hall–Kier alpha value is -2.69. The lowest BCUT2D eigenvalue weighted by atomic mass is 10.1. The Morgan fingerprint density at radius 3 is 2.21 bits per heavy atom. The minimum absolute atomic E-state index is 0.165. The van der Waals surface area contributed by atoms with Crippen molar-refractivity contribution in [3.63, 3.8) is 0 Å². The van der Waals surface area contributed by atoms with E-state index >= 15 is 0 Å². The van der Waals surface area contributed by atoms with Gasteiger partial charge in [0, 0.05) is 30.1 Å². The molecule has 3 N–H and O–H groups in total. The molecular formula is C14H13N3O2. The molecule has 2 rings (SSSR count). The van der Waals surface area contributed by atoms with Gasteiger partial charge in [-0.1, -0.05) is 12.1 Å². The molecule has 0 saturated carbocycles. The van der Waals surface area contributed by atoms with Crippen molar-refractivity contribution in [1.29, 1.82) is 0 Å². The number of pyridine rings is 1. The first kappa shape index (κ1) is 12.8. The molecule has 0 aliphatic carbocycles. The zero-order valence-electron chi connectivity index (χ0n) is 10.2. The number of aromatic nitrogens is 1. The Morgan fingerprint density at radius 1 is 1.00 bits per heavy atom. The molecule has 0 spiro atoms. The minimum atomic E-state index is -0.465. The van der Waals surface area contributed by atoms with E-state index in [0.29, 0.717) is 17.7 Å². The Balaban J connectivity index is 1.95. The summed E-state index contributed by atoms with van der Waals surface area (Å²) >= 11 is 0. The lowest BCUT2D eigenvalue weighted by molar-refractivity contribution is 0.0949. The SMILES string of the molecule is NC(=O)c1ccc(CNC(=O)c2ccncc2)cc1. The highest BCUT2D eigenvalue weighted by Gasteiger charge is 2.04. The maximum atomic E-state index is 11.8. The first-order chi connectivity index (χ1) is 9.16. The standard InChI is InChI=1S/C14H13N3O2/c15-13(18)11-3-1-10(2-4-11)9-17-14(19)12-5-7-16-8-6-12/h1-8H,9H2,(H2,15,18)(H,17,19). The molecule has 2 amide bonds. The van der Waals surface area contributed by atoms with Crippen molar-refractivity contribution in [1.82, 2.24) is 10.3 Å². The summed E-state index contributed by atoms with van der Waals surface area (Å²) in [7, 11) is 0. The molecule has 0 radical (unpaired) electrons. The fourth-order valence-corrected chi connectivity index (χ4v) is 1.57. The van der Waals surface area contributed by atoms with E-state index in [4.69, 9.17) is 5.73 Å². The third-order valence-corrected chi connectivity index (χ3v) is 2.63. The molecule has 0 bridgehead atoms. The van der Waals surface area contributed by atoms with E-state index in [0.717, 1.165) is 5.56 Å². The number of carbonyl (C=O) groups is 2. The molecule has 2 aromatic rings. The lowest BCUT2D eigenvalue weighted by Gasteiger charge is -2.05. The van der Waals surface area contributed by atoms with Gasteiger partial charge in [-0.3, -0.25) is 14.6 Å². The van der Waals surface area contributed by atoms with Crippen LogP contribution in [-0.4, -0.2) is 16.8 Å². The third-order valence-electron chi connectivity index (χ3n) is 2.63. The van der Waals surface area contributed by atoms with Gasteiger partial charge in [0.05, 0.1) is 0 Å². The van der Waals surface area contributed by atoms with Crippen LogP contribution in [-0.2, 0) is 6.54 Å². The summed E-state index contributed by atoms with van der Waals surface area (Å²) in [5, 5.41) is 2.78. The van der Waals surface area contributed by atoms with Crippen molar-refractivity contribution in [2.24, 2.45) is 5.73 Å². The van der Waals surface area contributed by atoms with Crippen molar-refractivity contribution in [2.45, 2.75) is 6.54 Å². The first-order valence-corrected chi connectivity index (χ1v) is 5.74. The smallest absolute Gasteiger partial charge is 0.251 e. The summed E-state index contributed by atoms with van der Waals surface area (Å²) < 4.78 is 0. The molecule has 0 unspecified atom stereocenters. The molecule has 0 atom stereocenters. The average molecular weight is 255 g/mol. The summed E-state index contributed by atoms with van der Waals surface area (Å²) in [5.41, 5.74) is 7.05. The van der Waals surface area contributed by atoms with Crippen LogP contribution in [0.2, 0.25) is 0 Å². The van der Waals surface area contributed by atoms with E-state index in [9.17, 15) is 9.59 Å². The normalized spacial score (nSPS) is 9.89. The van der Waals surface area contributed by atoms with E-state index in [1.807, 2.05) is 0 Å². The molecule has 5 nitrogen and oxygen atoms in total. The third kappa shape index (κ3) is 3.38. The van der Waals surface area contributed by atoms with Crippen LogP contribution >= 0.6 is 0 Å². The van der Waals surface area contributed by atoms with Crippen molar-refractivity contribution in [2.75, 3.05) is 0 Å². The van der Waals surface area contributed by atoms with Crippen LogP contribution in [0.4, 0.5) is 0 Å². The molecule has 96 valence electrons. The molecule has 1 aromatic carbocycles. The van der Waals surface area contributed by atoms with Crippen molar-refractivity contribution < 1.29 is 9.59 Å². The van der Waals surface area contributed by atoms with Gasteiger partial charge in [-0.05, 0) is 29.8 Å². The van der Waals surface area contributed by atoms with Crippen LogP contribution in [0, 0.1) is 0 Å². The maximum Gasteiger partial charge on any atom is 0.251 e. The molecule has 1 aromatic heterocycles. The summed E-state index contributed by atoms with van der Waals surface area (Å²) in [4.78, 5) is 26.5. The number of hydrogen-bond acceptors (Lipinski definition) is 3. The highest BCUT2D eigenvalue weighted by Crippen LogP contribution is 2.04. The fourth-order valence-electron chi connectivity index (χ4n) is 1.57. The minimum Gasteiger partial charge on any atom is -0.366 e. The maximum absolute atomic E-state index is 11.8. The molecule has 0 fully saturated rings. The molecule has 1 heterocycles. The van der Waals surface area contributed by atoms with E-state index in [2.05, 4.69) is 10.3 Å². The number of rotatable bonds is 4. The Kier molecular flexibility index (Phi) is 3.87. The van der Waals surface area contributed by atoms with Crippen LogP contribution < -0.4 is 11.1 Å². The fraction of sp³-hybridized carbons (Fsp3) is 0.0714. The van der Waals surface area contributed by atoms with Crippen LogP contribution in [0.3, 0.4) is 0 Å². The Bertz CT molecular complexity index is 579. The van der Waals surface area contributed by atoms with E-state index in [1.165, 1.54) is 0 Å². The second kappa shape index (κ2) is 5.77. The molecular weight excluding hydrogens is 242 g/mol. The van der Waals surface area contributed by atoms with Gasteiger partial charge in [0.25, 0.3) is 5.91 Å². The van der Waals surface area contributed by atoms with Gasteiger partial charge >= 0.3 is 0 Å². The number of amides is 2. The van der Waals surface area contributed by atoms with Crippen LogP contribution in [0.5, 0.6) is 0 Å². The van der Waals surface area contributed by atoms with E-state index < -0.39 is 5.91 Å². The largest absolute Gasteiger partial charge is 0.366 e. The average Bonchev–Trinajstić information content (AvgIpc) is 2.46. The van der Waals surface area contributed by atoms with Crippen LogP contribution in [0.1, 0.15) is 26.3 Å². The summed E-state index contributed by atoms with van der Waals surface area (Å²) in [6, 6.07) is 10.1. The van der Waals surface area contributed by atoms with Gasteiger partial charge in [0.15, 0.2) is 0 Å². The van der Waals surface area contributed by atoms with Gasteiger partial charge < -0.3 is 11.1 Å². The van der Waals surface area contributed by atoms with E-state index in [-0.39, 0.29) is 5.91 Å². The lowest BCUT2D eigenvalue weighted by Crippen LogP contribution is -2.22. The molecule has 0 aliphatic heterocycles. The zero-order chi connectivity index (χ0) is 13.7. The summed E-state index contributed by atoms with van der Waals surface area (Å²) in [6.07, 6.45) is 3.13. The molecule has 0 aliphatic rings. The number of nitrogens with two attached hydrogens (primary N) is 1. The molecule has 19 heavy (non-hydrogen) atoms. The van der Waals surface area contributed by atoms with Crippen molar-refractivity contribution >= 4 is 11.8 Å². The van der Waals surface area contributed by atoms with Gasteiger partial charge in [-0.15, -0.1) is 0 Å². The van der Waals surface area contributed by atoms with Crippen LogP contribution in [0.15, 0.2) is 48.8 Å². The Morgan fingerprint density at radius 2 is 1.63 bits per heavy atom. The second-order valence-electron chi connectivity index (χ2n) is 3.98. The summed E-state index contributed by atoms with van der Waals surface area (Å²) in [6.45, 7) is 0.389. The number of hydrogen-bond donors (Lipinski definition) is 2. The highest BCUT2D eigenvalue weighted by molar-refractivity contribution is 5.94. The van der Waals surface area contributed by atoms with Gasteiger partial charge in [0.1, 0.15) is 0 Å². The Labute approximate surface area is 110 Å². The monoisotopic (exact) mass is 255 g/mol. The van der Waals surface area contributed by atoms with E-state index in [1.54, 1.807) is 48.8 Å². The number of nitrogens with zero attached hydrogens (tertiary/aromatic N) is 1. The number of benzene rings is 1. The first-order valence-electron chi connectivity index (χ1n) is 5.74. The van der Waals surface area contributed by atoms with Gasteiger partial charge in [0.2, 0.25) is 5.91 Å². The summed E-state index contributed by atoms with van der Waals surface area (Å²) in [5.74, 6) is -0.631. The predicted octanol–water partition coefficient (Wildman–Crippen LogP) is 1.11. The quantitative estimate of drug-likeness (QED) is 0.858. The van der Waals surface area contributed by atoms with Crippen molar-refractivity contribution in [3.8, 4) is 0 Å². The topological polar surface area (TPSA) is 85.1 Å². The van der Waals surface area contributed by atoms with Gasteiger partial charge in [-0.25, -0.2) is 0 Å². The van der Waals surface area contributed by atoms with Crippen molar-refractivity contribution in [3.05, 3.63) is 65.5 Å². The number of carbonyl (C=O) groups excluding carboxylic acids is 2. The van der Waals surface area contributed by atoms with Crippen LogP contribution in [0.25, 0.3) is 0 Å². The highest BCUT2D eigenvalue weighted by atomic mass is 16.2. The number of nitrogens with one attached hydrogen (secondary N) is 1. The molecule has 5 heteroatoms. The second-order valence-corrected chi connectivity index (χ2v) is 3.98. The molecule has 0 saturated heterocycles. The van der Waals surface area contributed by atoms with Gasteiger partial charge in [-0.2, -0.15) is 0 Å². The predicted molar refractivity (Wildman–Crippen MR) is 70.4 cm³/mol. The zero-order valence-corrected chi connectivity index (χ0v) is 10.2.